The zero-order chi connectivity index (χ0) is 16.5. The molecule has 0 aliphatic carbocycles. The van der Waals surface area contributed by atoms with Crippen LogP contribution in [-0.2, 0) is 7.05 Å². The summed E-state index contributed by atoms with van der Waals surface area (Å²) in [5.74, 6) is 0. The van der Waals surface area contributed by atoms with Crippen LogP contribution in [0.1, 0.15) is 0 Å². The molecule has 0 N–H and O–H groups in total. The highest BCUT2D eigenvalue weighted by atomic mass is 15.0. The molecular formula is C22H15N3. The molecule has 6 rings (SSSR count). The zero-order valence-electron chi connectivity index (χ0n) is 13.8. The molecule has 0 amide bonds. The Bertz CT molecular complexity index is 1450. The van der Waals surface area contributed by atoms with Gasteiger partial charge in [0, 0.05) is 58.8 Å². The Kier molecular flexibility index (Phi) is 2.29. The Morgan fingerprint density at radius 1 is 0.720 bits per heavy atom. The number of nitrogens with zero attached hydrogens (tertiary/aromatic N) is 3. The molecule has 4 aromatic heterocycles. The van der Waals surface area contributed by atoms with E-state index in [-0.39, 0.29) is 0 Å². The minimum atomic E-state index is 1.01. The normalized spacial score (nSPS) is 12.2. The van der Waals surface area contributed by atoms with Crippen LogP contribution in [0.4, 0.5) is 0 Å². The molecule has 3 heteroatoms. The molecule has 4 heterocycles. The predicted molar refractivity (Wildman–Crippen MR) is 104 cm³/mol. The summed E-state index contributed by atoms with van der Waals surface area (Å²) in [6.07, 6.45) is 8.44. The van der Waals surface area contributed by atoms with Gasteiger partial charge in [-0.3, -0.25) is 4.40 Å². The number of benzene rings is 2. The molecule has 6 aromatic rings. The van der Waals surface area contributed by atoms with Crippen LogP contribution in [-0.4, -0.2) is 14.0 Å². The Morgan fingerprint density at radius 2 is 1.48 bits per heavy atom. The zero-order valence-corrected chi connectivity index (χ0v) is 13.8. The maximum atomic E-state index is 4.70. The molecule has 2 aromatic carbocycles. The van der Waals surface area contributed by atoms with Gasteiger partial charge in [0.15, 0.2) is 0 Å². The Morgan fingerprint density at radius 3 is 2.36 bits per heavy atom. The van der Waals surface area contributed by atoms with E-state index in [4.69, 9.17) is 4.98 Å². The number of hydrogen-bond donors (Lipinski definition) is 0. The van der Waals surface area contributed by atoms with Gasteiger partial charge in [0.05, 0.1) is 5.52 Å². The SMILES string of the molecule is Cn1cc2cc3c4cccnc4n4cc5ccccc5c4c3cc2c1. The second-order valence-electron chi connectivity index (χ2n) is 6.76. The highest BCUT2D eigenvalue weighted by molar-refractivity contribution is 6.21. The van der Waals surface area contributed by atoms with E-state index in [2.05, 4.69) is 77.1 Å². The van der Waals surface area contributed by atoms with E-state index in [1.165, 1.54) is 43.2 Å². The molecule has 0 atom stereocenters. The molecule has 3 nitrogen and oxygen atoms in total. The van der Waals surface area contributed by atoms with Crippen LogP contribution in [0.5, 0.6) is 0 Å². The average molecular weight is 321 g/mol. The first kappa shape index (κ1) is 13.0. The van der Waals surface area contributed by atoms with Crippen molar-refractivity contribution in [3.05, 3.63) is 73.3 Å². The number of hydrogen-bond acceptors (Lipinski definition) is 1. The molecule has 0 aliphatic rings. The smallest absolute Gasteiger partial charge is 0.145 e. The lowest BCUT2D eigenvalue weighted by atomic mass is 10.0. The van der Waals surface area contributed by atoms with Crippen molar-refractivity contribution in [3.8, 4) is 0 Å². The van der Waals surface area contributed by atoms with Gasteiger partial charge in [-0.2, -0.15) is 0 Å². The Balaban J connectivity index is 2.02. The molecule has 0 radical (unpaired) electrons. The summed E-state index contributed by atoms with van der Waals surface area (Å²) in [7, 11) is 2.08. The van der Waals surface area contributed by atoms with Crippen LogP contribution in [0.2, 0.25) is 0 Å². The van der Waals surface area contributed by atoms with Crippen LogP contribution >= 0.6 is 0 Å². The molecule has 0 saturated carbocycles. The highest BCUT2D eigenvalue weighted by Crippen LogP contribution is 2.36. The maximum absolute atomic E-state index is 4.70. The first-order chi connectivity index (χ1) is 12.3. The van der Waals surface area contributed by atoms with Crippen LogP contribution in [0, 0.1) is 0 Å². The minimum Gasteiger partial charge on any atom is -0.356 e. The van der Waals surface area contributed by atoms with E-state index < -0.39 is 0 Å². The molecule has 0 aliphatic heterocycles. The van der Waals surface area contributed by atoms with E-state index >= 15 is 0 Å². The number of aromatic nitrogens is 3. The van der Waals surface area contributed by atoms with E-state index in [1.807, 2.05) is 12.3 Å². The minimum absolute atomic E-state index is 1.01. The van der Waals surface area contributed by atoms with Crippen LogP contribution in [0.15, 0.2) is 73.3 Å². The summed E-state index contributed by atoms with van der Waals surface area (Å²) in [4.78, 5) is 4.70. The summed E-state index contributed by atoms with van der Waals surface area (Å²) in [6.45, 7) is 0. The highest BCUT2D eigenvalue weighted by Gasteiger charge is 2.14. The van der Waals surface area contributed by atoms with Gasteiger partial charge in [-0.05, 0) is 35.0 Å². The molecule has 0 bridgehead atoms. The van der Waals surface area contributed by atoms with Crippen molar-refractivity contribution in [2.45, 2.75) is 0 Å². The number of rotatable bonds is 0. The fraction of sp³-hybridized carbons (Fsp3) is 0.0455. The largest absolute Gasteiger partial charge is 0.356 e. The van der Waals surface area contributed by atoms with Gasteiger partial charge < -0.3 is 4.57 Å². The first-order valence-corrected chi connectivity index (χ1v) is 8.45. The monoisotopic (exact) mass is 321 g/mol. The quantitative estimate of drug-likeness (QED) is 0.349. The van der Waals surface area contributed by atoms with Gasteiger partial charge in [-0.15, -0.1) is 0 Å². The summed E-state index contributed by atoms with van der Waals surface area (Å²) in [6, 6.07) is 17.4. The lowest BCUT2D eigenvalue weighted by molar-refractivity contribution is 0.934. The van der Waals surface area contributed by atoms with Gasteiger partial charge in [0.25, 0.3) is 0 Å². The van der Waals surface area contributed by atoms with Gasteiger partial charge in [0.2, 0.25) is 0 Å². The third-order valence-corrected chi connectivity index (χ3v) is 5.19. The summed E-state index contributed by atoms with van der Waals surface area (Å²) in [5, 5.41) is 8.78. The molecule has 25 heavy (non-hydrogen) atoms. The summed E-state index contributed by atoms with van der Waals surface area (Å²) < 4.78 is 4.37. The van der Waals surface area contributed by atoms with E-state index in [0.717, 1.165) is 5.65 Å². The molecule has 118 valence electrons. The lowest BCUT2D eigenvalue weighted by Crippen LogP contribution is -1.92. The van der Waals surface area contributed by atoms with Gasteiger partial charge in [-0.25, -0.2) is 4.98 Å². The topological polar surface area (TPSA) is 22.2 Å². The van der Waals surface area contributed by atoms with Crippen molar-refractivity contribution in [1.29, 1.82) is 0 Å². The second-order valence-corrected chi connectivity index (χ2v) is 6.76. The molecule has 0 spiro atoms. The van der Waals surface area contributed by atoms with E-state index in [0.29, 0.717) is 0 Å². The third kappa shape index (κ3) is 1.62. The van der Waals surface area contributed by atoms with Gasteiger partial charge in [-0.1, -0.05) is 24.3 Å². The molecule has 0 saturated heterocycles. The second kappa shape index (κ2) is 4.39. The molecular weight excluding hydrogens is 306 g/mol. The first-order valence-electron chi connectivity index (χ1n) is 8.45. The van der Waals surface area contributed by atoms with Crippen LogP contribution in [0.3, 0.4) is 0 Å². The predicted octanol–water partition coefficient (Wildman–Crippen LogP) is 5.29. The third-order valence-electron chi connectivity index (χ3n) is 5.19. The summed E-state index contributed by atoms with van der Waals surface area (Å²) in [5.41, 5.74) is 2.25. The summed E-state index contributed by atoms with van der Waals surface area (Å²) >= 11 is 0. The van der Waals surface area contributed by atoms with Crippen LogP contribution < -0.4 is 0 Å². The van der Waals surface area contributed by atoms with E-state index in [9.17, 15) is 0 Å². The molecule has 0 fully saturated rings. The Labute approximate surface area is 143 Å². The Hall–Kier alpha value is -3.33. The lowest BCUT2D eigenvalue weighted by Gasteiger charge is -2.09. The number of aryl methyl sites for hydroxylation is 1. The van der Waals surface area contributed by atoms with Crippen LogP contribution in [0.25, 0.3) is 48.9 Å². The van der Waals surface area contributed by atoms with Crippen molar-refractivity contribution < 1.29 is 0 Å². The van der Waals surface area contributed by atoms with Crippen molar-refractivity contribution >= 4 is 48.9 Å². The van der Waals surface area contributed by atoms with Crippen molar-refractivity contribution in [3.63, 3.8) is 0 Å². The van der Waals surface area contributed by atoms with E-state index in [1.54, 1.807) is 0 Å². The van der Waals surface area contributed by atoms with Crippen molar-refractivity contribution in [2.75, 3.05) is 0 Å². The standard InChI is InChI=1S/C22H15N3/c1-24-11-15-9-19-18-7-4-8-23-22(18)25-13-14-5-2-3-6-17(14)21(25)20(19)10-16(15)12-24/h2-13H,1H3. The average Bonchev–Trinajstić information content (AvgIpc) is 3.19. The van der Waals surface area contributed by atoms with Crippen molar-refractivity contribution in [1.82, 2.24) is 14.0 Å². The fourth-order valence-corrected chi connectivity index (χ4v) is 4.15. The van der Waals surface area contributed by atoms with Gasteiger partial charge >= 0.3 is 0 Å². The maximum Gasteiger partial charge on any atom is 0.145 e. The molecule has 0 unspecified atom stereocenters. The number of fused-ring (bicyclic) bond motifs is 9. The fourth-order valence-electron chi connectivity index (χ4n) is 4.15. The van der Waals surface area contributed by atoms with Crippen molar-refractivity contribution in [2.24, 2.45) is 7.05 Å². The number of pyridine rings is 2. The van der Waals surface area contributed by atoms with Gasteiger partial charge in [0.1, 0.15) is 5.65 Å².